The Kier molecular flexibility index (Phi) is 7.21. The average molecular weight is 474 g/mol. The summed E-state index contributed by atoms with van der Waals surface area (Å²) >= 11 is 0. The van der Waals surface area contributed by atoms with Crippen LogP contribution < -0.4 is 19.6 Å². The van der Waals surface area contributed by atoms with E-state index in [0.29, 0.717) is 23.0 Å². The van der Waals surface area contributed by atoms with E-state index in [0.717, 1.165) is 11.3 Å². The van der Waals surface area contributed by atoms with Crippen molar-refractivity contribution in [3.05, 3.63) is 95.2 Å². The van der Waals surface area contributed by atoms with Gasteiger partial charge in [0.15, 0.2) is 17.3 Å². The number of hydrogen-bond donors (Lipinski definition) is 1. The molecule has 0 aliphatic rings. The largest absolute Gasteiger partial charge is 0.493 e. The Morgan fingerprint density at radius 1 is 0.943 bits per heavy atom. The Labute approximate surface area is 203 Å². The molecule has 0 atom stereocenters. The van der Waals surface area contributed by atoms with Crippen LogP contribution in [-0.4, -0.2) is 30.9 Å². The number of aromatic nitrogens is 1. The van der Waals surface area contributed by atoms with Crippen molar-refractivity contribution in [1.82, 2.24) is 9.99 Å². The molecular formula is C27H27N3O5. The Morgan fingerprint density at radius 3 is 2.34 bits per heavy atom. The number of amides is 1. The number of hydrogen-bond acceptors (Lipinski definition) is 6. The highest BCUT2D eigenvalue weighted by Gasteiger charge is 2.11. The zero-order valence-electron chi connectivity index (χ0n) is 20.1. The molecular weight excluding hydrogens is 446 g/mol. The maximum atomic E-state index is 12.3. The molecule has 0 aliphatic carbocycles. The van der Waals surface area contributed by atoms with Crippen molar-refractivity contribution in [3.63, 3.8) is 0 Å². The van der Waals surface area contributed by atoms with Crippen LogP contribution in [0.1, 0.15) is 33.3 Å². The Bertz CT molecular complexity index is 1320. The standard InChI is InChI=1S/C27H27N3O5/c1-18-5-6-19(2)30(18)21-8-10-22(11-9-21)34-17-23-12-14-25(35-23)27(31)29-28-16-20-7-13-24(32-3)26(15-20)33-4/h5-16H,17H2,1-4H3,(H,29,31). The van der Waals surface area contributed by atoms with E-state index in [1.807, 2.05) is 24.3 Å². The first-order chi connectivity index (χ1) is 17.0. The number of benzene rings is 2. The number of rotatable bonds is 9. The van der Waals surface area contributed by atoms with E-state index in [1.165, 1.54) is 17.6 Å². The van der Waals surface area contributed by atoms with E-state index in [1.54, 1.807) is 44.6 Å². The number of carbonyl (C=O) groups excluding carboxylic acids is 1. The predicted molar refractivity (Wildman–Crippen MR) is 133 cm³/mol. The number of nitrogens with zero attached hydrogens (tertiary/aromatic N) is 2. The number of hydrazone groups is 1. The number of methoxy groups -OCH3 is 2. The summed E-state index contributed by atoms with van der Waals surface area (Å²) in [6.45, 7) is 4.34. The first-order valence-corrected chi connectivity index (χ1v) is 11.0. The second-order valence-corrected chi connectivity index (χ2v) is 7.81. The molecule has 0 saturated heterocycles. The Morgan fingerprint density at radius 2 is 1.66 bits per heavy atom. The van der Waals surface area contributed by atoms with E-state index < -0.39 is 5.91 Å². The van der Waals surface area contributed by atoms with Gasteiger partial charge in [-0.1, -0.05) is 0 Å². The lowest BCUT2D eigenvalue weighted by Crippen LogP contribution is -2.16. The van der Waals surface area contributed by atoms with Crippen LogP contribution in [0.4, 0.5) is 0 Å². The quantitative estimate of drug-likeness (QED) is 0.272. The average Bonchev–Trinajstić information content (AvgIpc) is 3.49. The molecule has 0 bridgehead atoms. The van der Waals surface area contributed by atoms with Crippen LogP contribution in [0.25, 0.3) is 5.69 Å². The van der Waals surface area contributed by atoms with Crippen LogP contribution in [0.15, 0.2) is 76.2 Å². The van der Waals surface area contributed by atoms with Gasteiger partial charge in [-0.05, 0) is 86.1 Å². The zero-order valence-corrected chi connectivity index (χ0v) is 20.1. The minimum absolute atomic E-state index is 0.141. The van der Waals surface area contributed by atoms with Crippen LogP contribution in [0, 0.1) is 13.8 Å². The van der Waals surface area contributed by atoms with Crippen molar-refractivity contribution in [2.24, 2.45) is 5.10 Å². The van der Waals surface area contributed by atoms with Crippen LogP contribution in [0.3, 0.4) is 0 Å². The molecule has 8 heteroatoms. The van der Waals surface area contributed by atoms with Crippen LogP contribution in [0.5, 0.6) is 17.2 Å². The zero-order chi connectivity index (χ0) is 24.8. The van der Waals surface area contributed by atoms with Gasteiger partial charge in [0.1, 0.15) is 18.1 Å². The van der Waals surface area contributed by atoms with E-state index in [2.05, 4.69) is 41.1 Å². The Hall–Kier alpha value is -4.46. The van der Waals surface area contributed by atoms with Crippen molar-refractivity contribution < 1.29 is 23.4 Å². The van der Waals surface area contributed by atoms with Gasteiger partial charge in [0.05, 0.1) is 20.4 Å². The van der Waals surface area contributed by atoms with E-state index in [9.17, 15) is 4.79 Å². The van der Waals surface area contributed by atoms with Gasteiger partial charge in [0.25, 0.3) is 0 Å². The van der Waals surface area contributed by atoms with Gasteiger partial charge in [0, 0.05) is 17.1 Å². The van der Waals surface area contributed by atoms with Gasteiger partial charge >= 0.3 is 5.91 Å². The van der Waals surface area contributed by atoms with Gasteiger partial charge in [-0.25, -0.2) is 5.43 Å². The molecule has 8 nitrogen and oxygen atoms in total. The summed E-state index contributed by atoms with van der Waals surface area (Å²) < 4.78 is 24.1. The second kappa shape index (κ2) is 10.6. The molecule has 4 aromatic rings. The molecule has 0 saturated carbocycles. The minimum Gasteiger partial charge on any atom is -0.493 e. The molecule has 0 fully saturated rings. The van der Waals surface area contributed by atoms with Crippen LogP contribution in [-0.2, 0) is 6.61 Å². The van der Waals surface area contributed by atoms with Crippen molar-refractivity contribution in [1.29, 1.82) is 0 Å². The molecule has 1 amide bonds. The molecule has 180 valence electrons. The lowest BCUT2D eigenvalue weighted by molar-refractivity contribution is 0.0923. The Balaban J connectivity index is 1.31. The summed E-state index contributed by atoms with van der Waals surface area (Å²) in [5, 5.41) is 3.98. The van der Waals surface area contributed by atoms with Crippen molar-refractivity contribution in [3.8, 4) is 22.9 Å². The van der Waals surface area contributed by atoms with Crippen molar-refractivity contribution in [2.45, 2.75) is 20.5 Å². The summed E-state index contributed by atoms with van der Waals surface area (Å²) in [6, 6.07) is 20.6. The fraction of sp³-hybridized carbons (Fsp3) is 0.185. The number of nitrogens with one attached hydrogen (secondary N) is 1. The fourth-order valence-corrected chi connectivity index (χ4v) is 3.65. The fourth-order valence-electron chi connectivity index (χ4n) is 3.65. The highest BCUT2D eigenvalue weighted by atomic mass is 16.5. The normalized spacial score (nSPS) is 11.0. The summed E-state index contributed by atoms with van der Waals surface area (Å²) in [5.41, 5.74) is 6.61. The van der Waals surface area contributed by atoms with Gasteiger partial charge in [0.2, 0.25) is 0 Å². The monoisotopic (exact) mass is 473 g/mol. The van der Waals surface area contributed by atoms with Gasteiger partial charge < -0.3 is 23.2 Å². The molecule has 0 radical (unpaired) electrons. The maximum Gasteiger partial charge on any atom is 0.307 e. The summed E-state index contributed by atoms with van der Waals surface area (Å²) in [5.74, 6) is 2.10. The third-order valence-corrected chi connectivity index (χ3v) is 5.42. The smallest absolute Gasteiger partial charge is 0.307 e. The molecule has 2 heterocycles. The molecule has 1 N–H and O–H groups in total. The second-order valence-electron chi connectivity index (χ2n) is 7.81. The highest BCUT2D eigenvalue weighted by Crippen LogP contribution is 2.27. The summed E-state index contributed by atoms with van der Waals surface area (Å²) in [4.78, 5) is 12.3. The lowest BCUT2D eigenvalue weighted by atomic mass is 10.2. The molecule has 0 unspecified atom stereocenters. The van der Waals surface area contributed by atoms with Crippen LogP contribution in [0.2, 0.25) is 0 Å². The summed E-state index contributed by atoms with van der Waals surface area (Å²) in [7, 11) is 3.12. The molecule has 2 aromatic heterocycles. The van der Waals surface area contributed by atoms with E-state index in [4.69, 9.17) is 18.6 Å². The topological polar surface area (TPSA) is 87.2 Å². The molecule has 0 aliphatic heterocycles. The maximum absolute atomic E-state index is 12.3. The predicted octanol–water partition coefficient (Wildman–Crippen LogP) is 5.05. The van der Waals surface area contributed by atoms with E-state index >= 15 is 0 Å². The molecule has 0 spiro atoms. The SMILES string of the molecule is COc1ccc(C=NNC(=O)c2ccc(COc3ccc(-n4c(C)ccc4C)cc3)o2)cc1OC. The number of furan rings is 1. The molecule has 2 aromatic carbocycles. The summed E-state index contributed by atoms with van der Waals surface area (Å²) in [6.07, 6.45) is 1.51. The minimum atomic E-state index is -0.463. The third kappa shape index (κ3) is 5.55. The van der Waals surface area contributed by atoms with Gasteiger partial charge in [-0.2, -0.15) is 5.10 Å². The lowest BCUT2D eigenvalue weighted by Gasteiger charge is -2.10. The van der Waals surface area contributed by atoms with E-state index in [-0.39, 0.29) is 12.4 Å². The first-order valence-electron chi connectivity index (χ1n) is 11.0. The molecule has 4 rings (SSSR count). The van der Waals surface area contributed by atoms with Gasteiger partial charge in [-0.15, -0.1) is 0 Å². The van der Waals surface area contributed by atoms with Crippen molar-refractivity contribution in [2.75, 3.05) is 14.2 Å². The van der Waals surface area contributed by atoms with Crippen molar-refractivity contribution >= 4 is 12.1 Å². The third-order valence-electron chi connectivity index (χ3n) is 5.42. The molecule has 35 heavy (non-hydrogen) atoms. The highest BCUT2D eigenvalue weighted by molar-refractivity contribution is 5.92. The van der Waals surface area contributed by atoms with Gasteiger partial charge in [-0.3, -0.25) is 4.79 Å². The number of aryl methyl sites for hydroxylation is 2. The number of ether oxygens (including phenoxy) is 3. The van der Waals surface area contributed by atoms with Crippen LogP contribution >= 0.6 is 0 Å². The first kappa shape index (κ1) is 23.7. The number of carbonyl (C=O) groups is 1.